The Balaban J connectivity index is 1.98. The van der Waals surface area contributed by atoms with E-state index in [1.807, 2.05) is 12.1 Å². The van der Waals surface area contributed by atoms with E-state index in [0.717, 1.165) is 5.56 Å². The molecular formula is C16H10Cl5N5. The van der Waals surface area contributed by atoms with Crippen LogP contribution in [-0.4, -0.2) is 19.9 Å². The number of anilines is 1. The summed E-state index contributed by atoms with van der Waals surface area (Å²) in [5.41, 5.74) is 1.51. The molecule has 0 aliphatic rings. The lowest BCUT2D eigenvalue weighted by molar-refractivity contribution is 0.912. The number of pyridine rings is 1. The van der Waals surface area contributed by atoms with Gasteiger partial charge in [0.15, 0.2) is 11.6 Å². The third kappa shape index (κ3) is 5.09. The van der Waals surface area contributed by atoms with Crippen LogP contribution in [0.5, 0.6) is 0 Å². The zero-order chi connectivity index (χ0) is 18.7. The Morgan fingerprint density at radius 1 is 0.962 bits per heavy atom. The van der Waals surface area contributed by atoms with Gasteiger partial charge >= 0.3 is 0 Å². The van der Waals surface area contributed by atoms with Crippen LogP contribution in [0.4, 0.5) is 5.95 Å². The molecule has 2 aromatic heterocycles. The zero-order valence-electron chi connectivity index (χ0n) is 12.9. The summed E-state index contributed by atoms with van der Waals surface area (Å²) in [4.78, 5) is 16.8. The minimum absolute atomic E-state index is 0.0164. The van der Waals surface area contributed by atoms with Gasteiger partial charge in [-0.25, -0.2) is 4.98 Å². The van der Waals surface area contributed by atoms with E-state index in [1.165, 1.54) is 0 Å². The monoisotopic (exact) mass is 447 g/mol. The average Bonchev–Trinajstić information content (AvgIpc) is 2.59. The molecule has 0 fully saturated rings. The van der Waals surface area contributed by atoms with Crippen LogP contribution in [0.1, 0.15) is 11.4 Å². The molecular weight excluding hydrogens is 439 g/mol. The predicted molar refractivity (Wildman–Crippen MR) is 106 cm³/mol. The molecule has 2 heterocycles. The van der Waals surface area contributed by atoms with Gasteiger partial charge in [-0.2, -0.15) is 9.97 Å². The van der Waals surface area contributed by atoms with Gasteiger partial charge in [-0.1, -0.05) is 64.1 Å². The summed E-state index contributed by atoms with van der Waals surface area (Å²) in [6, 6.07) is 8.67. The molecule has 0 bridgehead atoms. The second-order valence-corrected chi connectivity index (χ2v) is 8.33. The SMILES string of the molecule is Clc1cc(Cl)cc(-c2nc(NCc3cccnc3)nc(C(Cl)(Cl)Cl)n2)c1. The number of benzene rings is 1. The number of halogens is 5. The molecule has 0 aliphatic carbocycles. The minimum Gasteiger partial charge on any atom is -0.350 e. The molecule has 0 aliphatic heterocycles. The fraction of sp³-hybridized carbons (Fsp3) is 0.125. The molecule has 26 heavy (non-hydrogen) atoms. The van der Waals surface area contributed by atoms with E-state index < -0.39 is 3.79 Å². The Morgan fingerprint density at radius 2 is 1.69 bits per heavy atom. The van der Waals surface area contributed by atoms with Crippen LogP contribution in [0.15, 0.2) is 42.7 Å². The van der Waals surface area contributed by atoms with Gasteiger partial charge in [0.1, 0.15) is 0 Å². The van der Waals surface area contributed by atoms with Crippen molar-refractivity contribution < 1.29 is 0 Å². The molecule has 0 radical (unpaired) electrons. The smallest absolute Gasteiger partial charge is 0.250 e. The maximum atomic E-state index is 6.05. The van der Waals surface area contributed by atoms with Crippen molar-refractivity contribution in [2.75, 3.05) is 5.32 Å². The number of nitrogens with one attached hydrogen (secondary N) is 1. The summed E-state index contributed by atoms with van der Waals surface area (Å²) >= 11 is 30.0. The van der Waals surface area contributed by atoms with E-state index in [2.05, 4.69) is 25.3 Å². The summed E-state index contributed by atoms with van der Waals surface area (Å²) in [7, 11) is 0. The van der Waals surface area contributed by atoms with Crippen LogP contribution in [0.3, 0.4) is 0 Å². The fourth-order valence-electron chi connectivity index (χ4n) is 2.08. The molecule has 0 saturated heterocycles. The number of aromatic nitrogens is 4. The highest BCUT2D eigenvalue weighted by Crippen LogP contribution is 2.37. The normalized spacial score (nSPS) is 11.4. The van der Waals surface area contributed by atoms with Crippen LogP contribution in [-0.2, 0) is 10.3 Å². The Bertz CT molecular complexity index is 894. The second kappa shape index (κ2) is 8.11. The van der Waals surface area contributed by atoms with Crippen LogP contribution >= 0.6 is 58.0 Å². The van der Waals surface area contributed by atoms with Crippen LogP contribution in [0.25, 0.3) is 11.4 Å². The summed E-state index contributed by atoms with van der Waals surface area (Å²) in [5, 5.41) is 3.95. The lowest BCUT2D eigenvalue weighted by Crippen LogP contribution is -2.13. The topological polar surface area (TPSA) is 63.6 Å². The third-order valence-electron chi connectivity index (χ3n) is 3.18. The highest BCUT2D eigenvalue weighted by atomic mass is 35.6. The third-order valence-corrected chi connectivity index (χ3v) is 4.13. The highest BCUT2D eigenvalue weighted by molar-refractivity contribution is 6.66. The number of rotatable bonds is 4. The fourth-order valence-corrected chi connectivity index (χ4v) is 2.86. The molecule has 134 valence electrons. The quantitative estimate of drug-likeness (QED) is 0.519. The summed E-state index contributed by atoms with van der Waals surface area (Å²) in [5.74, 6) is 0.507. The number of hydrogen-bond donors (Lipinski definition) is 1. The Labute approximate surface area is 174 Å². The highest BCUT2D eigenvalue weighted by Gasteiger charge is 2.28. The Morgan fingerprint density at radius 3 is 2.31 bits per heavy atom. The van der Waals surface area contributed by atoms with Gasteiger partial charge in [-0.15, -0.1) is 0 Å². The van der Waals surface area contributed by atoms with Crippen molar-refractivity contribution in [3.8, 4) is 11.4 Å². The standard InChI is InChI=1S/C16H10Cl5N5/c17-11-4-10(5-12(18)6-11)13-24-14(16(19,20)21)26-15(25-13)23-8-9-2-1-3-22-7-9/h1-7H,8H2,(H,23,24,25,26). The number of hydrogen-bond acceptors (Lipinski definition) is 5. The maximum Gasteiger partial charge on any atom is 0.250 e. The van der Waals surface area contributed by atoms with Gasteiger partial charge in [0.25, 0.3) is 0 Å². The molecule has 1 N–H and O–H groups in total. The molecule has 0 amide bonds. The first-order valence-corrected chi connectivity index (χ1v) is 9.13. The van der Waals surface area contributed by atoms with E-state index in [0.29, 0.717) is 22.2 Å². The predicted octanol–water partition coefficient (Wildman–Crippen LogP) is 5.68. The lowest BCUT2D eigenvalue weighted by atomic mass is 10.2. The van der Waals surface area contributed by atoms with E-state index in [9.17, 15) is 0 Å². The van der Waals surface area contributed by atoms with Gasteiger partial charge in [-0.3, -0.25) is 4.98 Å². The summed E-state index contributed by atoms with van der Waals surface area (Å²) in [6.45, 7) is 0.437. The van der Waals surface area contributed by atoms with Crippen molar-refractivity contribution >= 4 is 64.0 Å². The average molecular weight is 450 g/mol. The molecule has 3 rings (SSSR count). The van der Waals surface area contributed by atoms with Crippen molar-refractivity contribution in [3.63, 3.8) is 0 Å². The van der Waals surface area contributed by atoms with Crippen molar-refractivity contribution in [2.24, 2.45) is 0 Å². The van der Waals surface area contributed by atoms with E-state index in [4.69, 9.17) is 58.0 Å². The van der Waals surface area contributed by atoms with E-state index >= 15 is 0 Å². The van der Waals surface area contributed by atoms with Crippen LogP contribution < -0.4 is 5.32 Å². The van der Waals surface area contributed by atoms with Crippen molar-refractivity contribution in [2.45, 2.75) is 10.3 Å². The largest absolute Gasteiger partial charge is 0.350 e. The van der Waals surface area contributed by atoms with E-state index in [1.54, 1.807) is 30.6 Å². The molecule has 0 saturated carbocycles. The van der Waals surface area contributed by atoms with Crippen molar-refractivity contribution in [3.05, 3.63) is 64.2 Å². The molecule has 10 heteroatoms. The first kappa shape index (κ1) is 19.4. The van der Waals surface area contributed by atoms with Gasteiger partial charge in [0, 0.05) is 34.5 Å². The van der Waals surface area contributed by atoms with Crippen LogP contribution in [0, 0.1) is 0 Å². The van der Waals surface area contributed by atoms with Gasteiger partial charge in [-0.05, 0) is 29.8 Å². The number of alkyl halides is 3. The zero-order valence-corrected chi connectivity index (χ0v) is 16.7. The van der Waals surface area contributed by atoms with Gasteiger partial charge < -0.3 is 5.32 Å². The summed E-state index contributed by atoms with van der Waals surface area (Å²) in [6.07, 6.45) is 3.41. The Hall–Kier alpha value is -1.37. The van der Waals surface area contributed by atoms with E-state index in [-0.39, 0.29) is 17.6 Å². The van der Waals surface area contributed by atoms with Crippen molar-refractivity contribution in [1.29, 1.82) is 0 Å². The molecule has 0 unspecified atom stereocenters. The first-order chi connectivity index (χ1) is 12.3. The minimum atomic E-state index is -1.81. The summed E-state index contributed by atoms with van der Waals surface area (Å²) < 4.78 is -1.81. The van der Waals surface area contributed by atoms with Crippen LogP contribution in [0.2, 0.25) is 10.0 Å². The lowest BCUT2D eigenvalue weighted by Gasteiger charge is -2.13. The maximum absolute atomic E-state index is 6.05. The van der Waals surface area contributed by atoms with Crippen molar-refractivity contribution in [1.82, 2.24) is 19.9 Å². The second-order valence-electron chi connectivity index (χ2n) is 5.18. The first-order valence-electron chi connectivity index (χ1n) is 7.24. The molecule has 5 nitrogen and oxygen atoms in total. The number of nitrogens with zero attached hydrogens (tertiary/aromatic N) is 4. The molecule has 3 aromatic rings. The molecule has 0 atom stereocenters. The molecule has 1 aromatic carbocycles. The van der Waals surface area contributed by atoms with Gasteiger partial charge in [0.05, 0.1) is 0 Å². The molecule has 0 spiro atoms. The van der Waals surface area contributed by atoms with Gasteiger partial charge in [0.2, 0.25) is 9.74 Å². The Kier molecular flexibility index (Phi) is 6.05.